The topological polar surface area (TPSA) is 80.2 Å². The van der Waals surface area contributed by atoms with E-state index in [0.29, 0.717) is 16.7 Å². The first-order chi connectivity index (χ1) is 9.29. The third-order valence-electron chi connectivity index (χ3n) is 3.63. The molecule has 0 amide bonds. The molecule has 102 valence electrons. The van der Waals surface area contributed by atoms with E-state index in [1.165, 1.54) is 12.8 Å². The zero-order valence-electron chi connectivity index (χ0n) is 11.1. The number of benzene rings is 1. The van der Waals surface area contributed by atoms with Gasteiger partial charge in [-0.1, -0.05) is 6.92 Å². The van der Waals surface area contributed by atoms with E-state index in [1.54, 1.807) is 0 Å². The van der Waals surface area contributed by atoms with Crippen molar-refractivity contribution in [3.05, 3.63) is 12.1 Å². The van der Waals surface area contributed by atoms with E-state index in [4.69, 9.17) is 10.4 Å². The van der Waals surface area contributed by atoms with E-state index in [2.05, 4.69) is 27.5 Å². The summed E-state index contributed by atoms with van der Waals surface area (Å²) in [5.41, 5.74) is 8.67. The van der Waals surface area contributed by atoms with Gasteiger partial charge < -0.3 is 11.1 Å². The minimum atomic E-state index is 0.593. The molecule has 6 nitrogen and oxygen atoms in total. The molecule has 0 unspecified atom stereocenters. The van der Waals surface area contributed by atoms with Gasteiger partial charge in [0.25, 0.3) is 0 Å². The molecule has 0 atom stereocenters. The Hall–Kier alpha value is -1.82. The van der Waals surface area contributed by atoms with E-state index in [-0.39, 0.29) is 0 Å². The van der Waals surface area contributed by atoms with Crippen LogP contribution in [0.15, 0.2) is 16.8 Å². The molecule has 1 aliphatic carbocycles. The molecule has 0 aliphatic heterocycles. The minimum Gasteiger partial charge on any atom is -0.397 e. The van der Waals surface area contributed by atoms with E-state index in [0.717, 1.165) is 31.4 Å². The largest absolute Gasteiger partial charge is 0.397 e. The highest BCUT2D eigenvalue weighted by Crippen LogP contribution is 2.27. The fraction of sp³-hybridized carbons (Fsp3) is 0.538. The number of nitrogens with zero attached hydrogens (tertiary/aromatic N) is 3. The van der Waals surface area contributed by atoms with Crippen molar-refractivity contribution in [2.45, 2.75) is 25.8 Å². The van der Waals surface area contributed by atoms with Gasteiger partial charge in [-0.25, -0.2) is 4.63 Å². The minimum absolute atomic E-state index is 0.593. The molecule has 0 spiro atoms. The van der Waals surface area contributed by atoms with Crippen LogP contribution in [-0.2, 0) is 0 Å². The summed E-state index contributed by atoms with van der Waals surface area (Å²) in [6.07, 6.45) is 2.68. The normalized spacial score (nSPS) is 15.3. The Bertz CT molecular complexity index is 563. The SMILES string of the molecule is CCN(CCNc1ccc(N)c2nonc12)C1CC1. The van der Waals surface area contributed by atoms with Gasteiger partial charge in [-0.2, -0.15) is 0 Å². The molecule has 2 aromatic rings. The molecule has 6 heteroatoms. The monoisotopic (exact) mass is 261 g/mol. The molecule has 1 fully saturated rings. The fourth-order valence-corrected chi connectivity index (χ4v) is 2.40. The van der Waals surface area contributed by atoms with E-state index < -0.39 is 0 Å². The maximum absolute atomic E-state index is 5.82. The average Bonchev–Trinajstić information content (AvgIpc) is 3.13. The Morgan fingerprint density at radius 2 is 2.16 bits per heavy atom. The number of nitrogens with two attached hydrogens (primary N) is 1. The van der Waals surface area contributed by atoms with Gasteiger partial charge in [0.2, 0.25) is 0 Å². The quantitative estimate of drug-likeness (QED) is 0.770. The Morgan fingerprint density at radius 3 is 2.89 bits per heavy atom. The lowest BCUT2D eigenvalue weighted by atomic mass is 10.2. The molecule has 1 saturated carbocycles. The molecule has 0 radical (unpaired) electrons. The molecule has 19 heavy (non-hydrogen) atoms. The number of hydrogen-bond donors (Lipinski definition) is 2. The maximum Gasteiger partial charge on any atom is 0.160 e. The lowest BCUT2D eigenvalue weighted by Gasteiger charge is -2.20. The summed E-state index contributed by atoms with van der Waals surface area (Å²) in [5, 5.41) is 11.1. The standard InChI is InChI=1S/C13H19N5O/c1-2-18(9-3-4-9)8-7-15-11-6-5-10(14)12-13(11)17-19-16-12/h5-6,9,15H,2-4,7-8,14H2,1H3. The maximum atomic E-state index is 5.82. The van der Waals surface area contributed by atoms with Crippen LogP contribution in [0.4, 0.5) is 11.4 Å². The molecule has 1 aromatic carbocycles. The summed E-state index contributed by atoms with van der Waals surface area (Å²) in [5.74, 6) is 0. The van der Waals surface area contributed by atoms with Gasteiger partial charge in [0.05, 0.1) is 11.4 Å². The van der Waals surface area contributed by atoms with Crippen LogP contribution in [0.25, 0.3) is 11.0 Å². The molecule has 3 rings (SSSR count). The average molecular weight is 261 g/mol. The second kappa shape index (κ2) is 5.05. The number of hydrogen-bond acceptors (Lipinski definition) is 6. The van der Waals surface area contributed by atoms with Crippen LogP contribution in [0.3, 0.4) is 0 Å². The van der Waals surface area contributed by atoms with Gasteiger partial charge in [0, 0.05) is 19.1 Å². The third-order valence-corrected chi connectivity index (χ3v) is 3.63. The van der Waals surface area contributed by atoms with Crippen molar-refractivity contribution < 1.29 is 4.63 Å². The number of nitrogens with one attached hydrogen (secondary N) is 1. The zero-order valence-corrected chi connectivity index (χ0v) is 11.1. The van der Waals surface area contributed by atoms with Crippen molar-refractivity contribution in [1.29, 1.82) is 0 Å². The van der Waals surface area contributed by atoms with Crippen LogP contribution in [0, 0.1) is 0 Å². The Labute approximate surface area is 111 Å². The molecule has 1 heterocycles. The van der Waals surface area contributed by atoms with Gasteiger partial charge in [-0.05, 0) is 41.8 Å². The van der Waals surface area contributed by atoms with Crippen LogP contribution >= 0.6 is 0 Å². The van der Waals surface area contributed by atoms with Crippen LogP contribution in [-0.4, -0.2) is 40.9 Å². The Morgan fingerprint density at radius 1 is 1.37 bits per heavy atom. The predicted molar refractivity (Wildman–Crippen MR) is 75.0 cm³/mol. The van der Waals surface area contributed by atoms with Crippen molar-refractivity contribution in [3.63, 3.8) is 0 Å². The van der Waals surface area contributed by atoms with Gasteiger partial charge in [0.1, 0.15) is 0 Å². The van der Waals surface area contributed by atoms with Crippen molar-refractivity contribution in [2.24, 2.45) is 0 Å². The second-order valence-electron chi connectivity index (χ2n) is 4.95. The predicted octanol–water partition coefficient (Wildman–Crippen LogP) is 1.70. The summed E-state index contributed by atoms with van der Waals surface area (Å²) in [6.45, 7) is 5.24. The first-order valence-corrected chi connectivity index (χ1v) is 6.78. The van der Waals surface area contributed by atoms with Crippen molar-refractivity contribution in [2.75, 3.05) is 30.7 Å². The summed E-state index contributed by atoms with van der Waals surface area (Å²) in [4.78, 5) is 2.50. The van der Waals surface area contributed by atoms with Gasteiger partial charge in [0.15, 0.2) is 11.0 Å². The number of anilines is 2. The number of fused-ring (bicyclic) bond motifs is 1. The molecular formula is C13H19N5O. The Balaban J connectivity index is 1.65. The number of likely N-dealkylation sites (N-methyl/N-ethyl adjacent to an activating group) is 1. The van der Waals surface area contributed by atoms with Crippen molar-refractivity contribution in [1.82, 2.24) is 15.2 Å². The first-order valence-electron chi connectivity index (χ1n) is 6.78. The van der Waals surface area contributed by atoms with Crippen molar-refractivity contribution >= 4 is 22.4 Å². The molecule has 1 aliphatic rings. The lowest BCUT2D eigenvalue weighted by molar-refractivity contribution is 0.289. The number of nitrogen functional groups attached to an aromatic ring is 1. The van der Waals surface area contributed by atoms with E-state index >= 15 is 0 Å². The summed E-state index contributed by atoms with van der Waals surface area (Å²) >= 11 is 0. The number of rotatable bonds is 6. The Kier molecular flexibility index (Phi) is 3.25. The molecular weight excluding hydrogens is 242 g/mol. The van der Waals surface area contributed by atoms with E-state index in [1.807, 2.05) is 12.1 Å². The molecule has 0 bridgehead atoms. The summed E-state index contributed by atoms with van der Waals surface area (Å²) < 4.78 is 4.75. The first kappa shape index (κ1) is 12.2. The summed E-state index contributed by atoms with van der Waals surface area (Å²) in [7, 11) is 0. The third kappa shape index (κ3) is 2.49. The summed E-state index contributed by atoms with van der Waals surface area (Å²) in [6, 6.07) is 4.55. The second-order valence-corrected chi connectivity index (χ2v) is 4.95. The van der Waals surface area contributed by atoms with Gasteiger partial charge in [-0.3, -0.25) is 4.90 Å². The zero-order chi connectivity index (χ0) is 13.2. The van der Waals surface area contributed by atoms with Crippen molar-refractivity contribution in [3.8, 4) is 0 Å². The van der Waals surface area contributed by atoms with Crippen LogP contribution in [0.5, 0.6) is 0 Å². The van der Waals surface area contributed by atoms with E-state index in [9.17, 15) is 0 Å². The molecule has 0 saturated heterocycles. The van der Waals surface area contributed by atoms with Gasteiger partial charge >= 0.3 is 0 Å². The number of aromatic nitrogens is 2. The van der Waals surface area contributed by atoms with Crippen LogP contribution in [0.1, 0.15) is 19.8 Å². The highest BCUT2D eigenvalue weighted by atomic mass is 16.6. The molecule has 1 aromatic heterocycles. The highest BCUT2D eigenvalue weighted by molar-refractivity contribution is 5.94. The van der Waals surface area contributed by atoms with Crippen LogP contribution < -0.4 is 11.1 Å². The van der Waals surface area contributed by atoms with Gasteiger partial charge in [-0.15, -0.1) is 0 Å². The highest BCUT2D eigenvalue weighted by Gasteiger charge is 2.27. The molecule has 3 N–H and O–H groups in total. The fourth-order valence-electron chi connectivity index (χ4n) is 2.40. The smallest absolute Gasteiger partial charge is 0.160 e. The van der Waals surface area contributed by atoms with Crippen LogP contribution in [0.2, 0.25) is 0 Å². The lowest BCUT2D eigenvalue weighted by Crippen LogP contribution is -2.30.